The van der Waals surface area contributed by atoms with Crippen LogP contribution in [-0.2, 0) is 0 Å². The summed E-state index contributed by atoms with van der Waals surface area (Å²) in [4.78, 5) is 0. The molecular weight excluding hydrogens is 314 g/mol. The zero-order valence-corrected chi connectivity index (χ0v) is 14.7. The summed E-state index contributed by atoms with van der Waals surface area (Å²) in [5.74, 6) is 6.84. The molecule has 1 aliphatic rings. The average molecular weight is 335 g/mol. The summed E-state index contributed by atoms with van der Waals surface area (Å²) in [5, 5.41) is 3.67. The van der Waals surface area contributed by atoms with E-state index in [9.17, 15) is 0 Å². The Balaban J connectivity index is 1.71. The Morgan fingerprint density at radius 3 is 2.00 bits per heavy atom. The molecule has 0 bridgehead atoms. The first-order valence-electron chi connectivity index (χ1n) is 9.07. The molecule has 0 radical (unpaired) electrons. The third-order valence-corrected chi connectivity index (χ3v) is 4.71. The second-order valence-corrected chi connectivity index (χ2v) is 6.48. The predicted octanol–water partition coefficient (Wildman–Crippen LogP) is 5.77. The lowest BCUT2D eigenvalue weighted by atomic mass is 10.0. The maximum atomic E-state index is 3.67. The Morgan fingerprint density at radius 2 is 1.31 bits per heavy atom. The van der Waals surface area contributed by atoms with Crippen molar-refractivity contribution in [1.29, 1.82) is 0 Å². The fourth-order valence-corrected chi connectivity index (χ4v) is 3.42. The van der Waals surface area contributed by atoms with Crippen molar-refractivity contribution in [3.63, 3.8) is 0 Å². The highest BCUT2D eigenvalue weighted by Gasteiger charge is 2.25. The van der Waals surface area contributed by atoms with Gasteiger partial charge in [0, 0.05) is 16.8 Å². The first-order valence-corrected chi connectivity index (χ1v) is 9.07. The van der Waals surface area contributed by atoms with E-state index in [2.05, 4.69) is 83.9 Å². The number of nitrogens with one attached hydrogen (secondary N) is 1. The molecule has 26 heavy (non-hydrogen) atoms. The molecule has 1 unspecified atom stereocenters. The molecule has 0 amide bonds. The Labute approximate surface area is 155 Å². The molecule has 1 nitrogen and oxygen atoms in total. The van der Waals surface area contributed by atoms with Gasteiger partial charge in [0.1, 0.15) is 0 Å². The van der Waals surface area contributed by atoms with E-state index in [1.54, 1.807) is 0 Å². The number of anilines is 1. The minimum Gasteiger partial charge on any atom is -0.378 e. The van der Waals surface area contributed by atoms with Gasteiger partial charge in [-0.15, -0.1) is 0 Å². The fraction of sp³-hybridized carbons (Fsp3) is 0.120. The molecule has 1 heteroatoms. The molecule has 126 valence electrons. The highest BCUT2D eigenvalue weighted by Crippen LogP contribution is 2.35. The maximum Gasteiger partial charge on any atom is 0.0598 e. The van der Waals surface area contributed by atoms with E-state index < -0.39 is 0 Å². The van der Waals surface area contributed by atoms with Crippen molar-refractivity contribution in [3.05, 3.63) is 108 Å². The van der Waals surface area contributed by atoms with Crippen LogP contribution in [0.1, 0.15) is 24.0 Å². The van der Waals surface area contributed by atoms with Crippen LogP contribution in [0.4, 0.5) is 5.69 Å². The minimum absolute atomic E-state index is 0.254. The largest absolute Gasteiger partial charge is 0.378 e. The van der Waals surface area contributed by atoms with E-state index in [1.807, 2.05) is 24.3 Å². The average Bonchev–Trinajstić information content (AvgIpc) is 3.11. The van der Waals surface area contributed by atoms with Crippen LogP contribution in [-0.4, -0.2) is 6.04 Å². The molecule has 0 fully saturated rings. The van der Waals surface area contributed by atoms with Crippen LogP contribution >= 0.6 is 0 Å². The molecule has 0 aromatic heterocycles. The van der Waals surface area contributed by atoms with Gasteiger partial charge in [-0.25, -0.2) is 0 Å². The van der Waals surface area contributed by atoms with Gasteiger partial charge in [0.15, 0.2) is 0 Å². The van der Waals surface area contributed by atoms with Crippen molar-refractivity contribution in [2.75, 3.05) is 5.32 Å². The van der Waals surface area contributed by atoms with Crippen LogP contribution < -0.4 is 5.32 Å². The van der Waals surface area contributed by atoms with Gasteiger partial charge in [-0.3, -0.25) is 0 Å². The monoisotopic (exact) mass is 335 g/mol. The molecule has 1 N–H and O–H groups in total. The standard InChI is InChI=1S/C25H21N/c1-4-10-20(11-5-1)16-17-24-23(21-12-6-2-7-13-21)18-19-25(24)26-22-14-8-3-9-15-22/h1-15,25-26H,18-19H2. The van der Waals surface area contributed by atoms with Crippen LogP contribution in [0.15, 0.2) is 96.6 Å². The zero-order chi connectivity index (χ0) is 17.6. The van der Waals surface area contributed by atoms with Crippen molar-refractivity contribution in [1.82, 2.24) is 0 Å². The quantitative estimate of drug-likeness (QED) is 0.599. The molecule has 0 saturated carbocycles. The maximum absolute atomic E-state index is 3.67. The van der Waals surface area contributed by atoms with E-state index in [0.717, 1.165) is 24.1 Å². The molecule has 0 saturated heterocycles. The minimum atomic E-state index is 0.254. The summed E-state index contributed by atoms with van der Waals surface area (Å²) in [7, 11) is 0. The van der Waals surface area contributed by atoms with Gasteiger partial charge in [0.05, 0.1) is 6.04 Å². The van der Waals surface area contributed by atoms with Gasteiger partial charge in [0.25, 0.3) is 0 Å². The van der Waals surface area contributed by atoms with Crippen LogP contribution in [0, 0.1) is 11.8 Å². The number of benzene rings is 3. The Hall–Kier alpha value is -3.24. The highest BCUT2D eigenvalue weighted by atomic mass is 14.9. The van der Waals surface area contributed by atoms with E-state index in [1.165, 1.54) is 16.7 Å². The lowest BCUT2D eigenvalue weighted by molar-refractivity contribution is 0.814. The Kier molecular flexibility index (Phi) is 4.85. The topological polar surface area (TPSA) is 12.0 Å². The van der Waals surface area contributed by atoms with Crippen molar-refractivity contribution < 1.29 is 0 Å². The Bertz CT molecular complexity index is 945. The normalized spacial score (nSPS) is 16.1. The van der Waals surface area contributed by atoms with Gasteiger partial charge >= 0.3 is 0 Å². The summed E-state index contributed by atoms with van der Waals surface area (Å²) in [6.07, 6.45) is 2.12. The number of para-hydroxylation sites is 1. The third-order valence-electron chi connectivity index (χ3n) is 4.71. The third kappa shape index (κ3) is 3.71. The van der Waals surface area contributed by atoms with E-state index in [4.69, 9.17) is 0 Å². The van der Waals surface area contributed by atoms with Gasteiger partial charge in [-0.2, -0.15) is 0 Å². The second-order valence-electron chi connectivity index (χ2n) is 6.48. The first-order chi connectivity index (χ1) is 12.9. The fourth-order valence-electron chi connectivity index (χ4n) is 3.42. The van der Waals surface area contributed by atoms with E-state index in [-0.39, 0.29) is 6.04 Å². The van der Waals surface area contributed by atoms with Crippen molar-refractivity contribution in [3.8, 4) is 11.8 Å². The molecule has 4 rings (SSSR count). The summed E-state index contributed by atoms with van der Waals surface area (Å²) in [6, 6.07) is 31.5. The predicted molar refractivity (Wildman–Crippen MR) is 110 cm³/mol. The number of rotatable bonds is 3. The molecule has 0 spiro atoms. The van der Waals surface area contributed by atoms with Gasteiger partial charge in [-0.1, -0.05) is 78.6 Å². The molecule has 1 aliphatic carbocycles. The molecular formula is C25H21N. The van der Waals surface area contributed by atoms with Crippen LogP contribution in [0.5, 0.6) is 0 Å². The van der Waals surface area contributed by atoms with E-state index >= 15 is 0 Å². The molecule has 3 aromatic rings. The zero-order valence-electron chi connectivity index (χ0n) is 14.7. The summed E-state index contributed by atoms with van der Waals surface area (Å²) >= 11 is 0. The summed E-state index contributed by atoms with van der Waals surface area (Å²) < 4.78 is 0. The first kappa shape index (κ1) is 16.2. The van der Waals surface area contributed by atoms with Gasteiger partial charge < -0.3 is 5.32 Å². The van der Waals surface area contributed by atoms with Gasteiger partial charge in [-0.05, 0) is 48.2 Å². The molecule has 0 heterocycles. The number of hydrogen-bond acceptors (Lipinski definition) is 1. The van der Waals surface area contributed by atoms with Gasteiger partial charge in [0.2, 0.25) is 0 Å². The van der Waals surface area contributed by atoms with Crippen LogP contribution in [0.25, 0.3) is 5.57 Å². The summed E-state index contributed by atoms with van der Waals surface area (Å²) in [5.41, 5.74) is 6.05. The number of hydrogen-bond donors (Lipinski definition) is 1. The van der Waals surface area contributed by atoms with E-state index in [0.29, 0.717) is 0 Å². The van der Waals surface area contributed by atoms with Crippen LogP contribution in [0.3, 0.4) is 0 Å². The molecule has 0 aliphatic heterocycles. The molecule has 1 atom stereocenters. The smallest absolute Gasteiger partial charge is 0.0598 e. The lowest BCUT2D eigenvalue weighted by Gasteiger charge is -2.15. The number of allylic oxidation sites excluding steroid dienone is 1. The second kappa shape index (κ2) is 7.76. The Morgan fingerprint density at radius 1 is 0.692 bits per heavy atom. The van der Waals surface area contributed by atoms with Crippen molar-refractivity contribution >= 4 is 11.3 Å². The molecule has 3 aromatic carbocycles. The summed E-state index contributed by atoms with van der Waals surface area (Å²) in [6.45, 7) is 0. The van der Waals surface area contributed by atoms with Crippen molar-refractivity contribution in [2.24, 2.45) is 0 Å². The van der Waals surface area contributed by atoms with Crippen LogP contribution in [0.2, 0.25) is 0 Å². The SMILES string of the molecule is C(#Cc1ccccc1)C1=C(c2ccccc2)CCC1Nc1ccccc1. The lowest BCUT2D eigenvalue weighted by Crippen LogP contribution is -2.18. The van der Waals surface area contributed by atoms with Crippen molar-refractivity contribution in [2.45, 2.75) is 18.9 Å². The highest BCUT2D eigenvalue weighted by molar-refractivity contribution is 5.77.